The van der Waals surface area contributed by atoms with Crippen LogP contribution in [0.15, 0.2) is 18.2 Å². The van der Waals surface area contributed by atoms with Gasteiger partial charge < -0.3 is 19.8 Å². The van der Waals surface area contributed by atoms with Gasteiger partial charge in [0, 0.05) is 26.3 Å². The van der Waals surface area contributed by atoms with Gasteiger partial charge in [0.05, 0.1) is 11.7 Å². The van der Waals surface area contributed by atoms with Crippen LogP contribution in [0.4, 0.5) is 0 Å². The molecule has 0 radical (unpaired) electrons. The Morgan fingerprint density at radius 3 is 2.84 bits per heavy atom. The summed E-state index contributed by atoms with van der Waals surface area (Å²) in [6, 6.07) is 3.97. The number of hydrogen-bond donors (Lipinski definition) is 2. The van der Waals surface area contributed by atoms with Crippen LogP contribution < -0.4 is 0 Å². The third-order valence-electron chi connectivity index (χ3n) is 3.31. The fraction of sp³-hybridized carbons (Fsp3) is 0.500. The molecule has 0 spiro atoms. The molecule has 5 nitrogen and oxygen atoms in total. The van der Waals surface area contributed by atoms with Gasteiger partial charge in [-0.3, -0.25) is 4.79 Å². The predicted octanol–water partition coefficient (Wildman–Crippen LogP) is 1.74. The molecule has 1 atom stereocenters. The monoisotopic (exact) mass is 265 g/mol. The summed E-state index contributed by atoms with van der Waals surface area (Å²) in [4.78, 5) is 13.7. The number of ether oxygens (including phenoxy) is 1. The van der Waals surface area contributed by atoms with Crippen molar-refractivity contribution in [1.29, 1.82) is 0 Å². The van der Waals surface area contributed by atoms with Gasteiger partial charge in [0.25, 0.3) is 5.91 Å². The lowest BCUT2D eigenvalue weighted by atomic mass is 10.1. The highest BCUT2D eigenvalue weighted by Crippen LogP contribution is 2.24. The first kappa shape index (κ1) is 13.7. The number of phenols is 2. The van der Waals surface area contributed by atoms with Gasteiger partial charge in [0.2, 0.25) is 0 Å². The molecule has 1 saturated heterocycles. The highest BCUT2D eigenvalue weighted by atomic mass is 16.5. The molecule has 0 aromatic heterocycles. The van der Waals surface area contributed by atoms with E-state index in [1.165, 1.54) is 12.1 Å². The SMILES string of the molecule is CN(CC1CCCCO1)C(=O)c1ccc(O)cc1O. The normalized spacial score (nSPS) is 19.1. The summed E-state index contributed by atoms with van der Waals surface area (Å²) >= 11 is 0. The largest absolute Gasteiger partial charge is 0.508 e. The van der Waals surface area contributed by atoms with E-state index in [1.54, 1.807) is 11.9 Å². The number of aromatic hydroxyl groups is 2. The first-order valence-corrected chi connectivity index (χ1v) is 6.47. The Hall–Kier alpha value is -1.75. The molecular weight excluding hydrogens is 246 g/mol. The number of phenolic OH excluding ortho intramolecular Hbond substituents is 2. The third-order valence-corrected chi connectivity index (χ3v) is 3.31. The Morgan fingerprint density at radius 2 is 2.21 bits per heavy atom. The van der Waals surface area contributed by atoms with E-state index in [4.69, 9.17) is 4.74 Å². The second-order valence-electron chi connectivity index (χ2n) is 4.88. The number of likely N-dealkylation sites (N-methyl/N-ethyl adjacent to an activating group) is 1. The van der Waals surface area contributed by atoms with E-state index in [1.807, 2.05) is 0 Å². The number of nitrogens with zero attached hydrogens (tertiary/aromatic N) is 1. The Morgan fingerprint density at radius 1 is 1.42 bits per heavy atom. The van der Waals surface area contributed by atoms with Crippen molar-refractivity contribution in [3.63, 3.8) is 0 Å². The summed E-state index contributed by atoms with van der Waals surface area (Å²) in [5.74, 6) is -0.541. The van der Waals surface area contributed by atoms with Crippen LogP contribution in [0.1, 0.15) is 29.6 Å². The maximum Gasteiger partial charge on any atom is 0.257 e. The fourth-order valence-corrected chi connectivity index (χ4v) is 2.25. The Labute approximate surface area is 112 Å². The maximum absolute atomic E-state index is 12.2. The molecule has 1 aromatic rings. The second kappa shape index (κ2) is 5.93. The number of carbonyl (C=O) groups excluding carboxylic acids is 1. The first-order valence-electron chi connectivity index (χ1n) is 6.47. The van der Waals surface area contributed by atoms with Crippen molar-refractivity contribution in [3.8, 4) is 11.5 Å². The number of carbonyl (C=O) groups is 1. The molecule has 1 fully saturated rings. The van der Waals surface area contributed by atoms with E-state index in [-0.39, 0.29) is 29.1 Å². The maximum atomic E-state index is 12.2. The summed E-state index contributed by atoms with van der Waals surface area (Å²) in [5, 5.41) is 18.9. The van der Waals surface area contributed by atoms with E-state index < -0.39 is 0 Å². The minimum atomic E-state index is -0.272. The molecule has 1 aromatic carbocycles. The average Bonchev–Trinajstić information content (AvgIpc) is 2.39. The summed E-state index contributed by atoms with van der Waals surface area (Å²) < 4.78 is 5.59. The number of amides is 1. The molecule has 1 aliphatic rings. The van der Waals surface area contributed by atoms with Crippen LogP contribution in [0.2, 0.25) is 0 Å². The van der Waals surface area contributed by atoms with E-state index in [2.05, 4.69) is 0 Å². The van der Waals surface area contributed by atoms with Crippen LogP contribution in [0.25, 0.3) is 0 Å². The lowest BCUT2D eigenvalue weighted by Gasteiger charge is -2.27. The molecule has 1 unspecified atom stereocenters. The number of hydrogen-bond acceptors (Lipinski definition) is 4. The van der Waals surface area contributed by atoms with Gasteiger partial charge >= 0.3 is 0 Å². The fourth-order valence-electron chi connectivity index (χ4n) is 2.25. The molecule has 0 saturated carbocycles. The van der Waals surface area contributed by atoms with Crippen LogP contribution in [-0.4, -0.2) is 47.3 Å². The summed E-state index contributed by atoms with van der Waals surface area (Å²) in [7, 11) is 1.69. The standard InChI is InChI=1S/C14H19NO4/c1-15(9-11-4-2-3-7-19-11)14(18)12-6-5-10(16)8-13(12)17/h5-6,8,11,16-17H,2-4,7,9H2,1H3. The van der Waals surface area contributed by atoms with Crippen molar-refractivity contribution in [1.82, 2.24) is 4.90 Å². The van der Waals surface area contributed by atoms with Crippen LogP contribution in [0.5, 0.6) is 11.5 Å². The molecule has 2 N–H and O–H groups in total. The highest BCUT2D eigenvalue weighted by molar-refractivity contribution is 5.96. The Bertz CT molecular complexity index is 455. The van der Waals surface area contributed by atoms with Crippen LogP contribution in [0.3, 0.4) is 0 Å². The Balaban J connectivity index is 2.01. The van der Waals surface area contributed by atoms with Gasteiger partial charge in [-0.15, -0.1) is 0 Å². The molecule has 1 heterocycles. The third kappa shape index (κ3) is 3.38. The van der Waals surface area contributed by atoms with Gasteiger partial charge in [-0.2, -0.15) is 0 Å². The average molecular weight is 265 g/mol. The van der Waals surface area contributed by atoms with Crippen LogP contribution in [0, 0.1) is 0 Å². The molecule has 0 aliphatic carbocycles. The van der Waals surface area contributed by atoms with Crippen molar-refractivity contribution in [2.75, 3.05) is 20.2 Å². The quantitative estimate of drug-likeness (QED) is 0.873. The summed E-state index contributed by atoms with van der Waals surface area (Å²) in [6.45, 7) is 1.26. The molecule has 1 aliphatic heterocycles. The number of rotatable bonds is 3. The van der Waals surface area contributed by atoms with Gasteiger partial charge in [-0.05, 0) is 31.4 Å². The lowest BCUT2D eigenvalue weighted by molar-refractivity contribution is -0.000241. The minimum absolute atomic E-state index is 0.0627. The summed E-state index contributed by atoms with van der Waals surface area (Å²) in [5.41, 5.74) is 0.191. The van der Waals surface area contributed by atoms with Crippen molar-refractivity contribution in [2.45, 2.75) is 25.4 Å². The van der Waals surface area contributed by atoms with Crippen molar-refractivity contribution >= 4 is 5.91 Å². The highest BCUT2D eigenvalue weighted by Gasteiger charge is 2.21. The molecule has 0 bridgehead atoms. The predicted molar refractivity (Wildman–Crippen MR) is 70.3 cm³/mol. The lowest BCUT2D eigenvalue weighted by Crippen LogP contribution is -2.37. The zero-order valence-electron chi connectivity index (χ0n) is 11.0. The molecule has 2 rings (SSSR count). The van der Waals surface area contributed by atoms with Gasteiger partial charge in [-0.25, -0.2) is 0 Å². The number of benzene rings is 1. The molecule has 1 amide bonds. The zero-order valence-corrected chi connectivity index (χ0v) is 11.0. The topological polar surface area (TPSA) is 70.0 Å². The van der Waals surface area contributed by atoms with E-state index in [0.29, 0.717) is 6.54 Å². The van der Waals surface area contributed by atoms with E-state index in [0.717, 1.165) is 31.9 Å². The van der Waals surface area contributed by atoms with Gasteiger partial charge in [0.15, 0.2) is 0 Å². The molecule has 5 heteroatoms. The molecule has 19 heavy (non-hydrogen) atoms. The van der Waals surface area contributed by atoms with Crippen LogP contribution in [-0.2, 0) is 4.74 Å². The van der Waals surface area contributed by atoms with Crippen molar-refractivity contribution < 1.29 is 19.7 Å². The molecular formula is C14H19NO4. The smallest absolute Gasteiger partial charge is 0.257 e. The summed E-state index contributed by atoms with van der Waals surface area (Å²) in [6.07, 6.45) is 3.23. The van der Waals surface area contributed by atoms with Crippen LogP contribution >= 0.6 is 0 Å². The minimum Gasteiger partial charge on any atom is -0.508 e. The van der Waals surface area contributed by atoms with Gasteiger partial charge in [-0.1, -0.05) is 0 Å². The van der Waals surface area contributed by atoms with Gasteiger partial charge in [0.1, 0.15) is 11.5 Å². The van der Waals surface area contributed by atoms with E-state index in [9.17, 15) is 15.0 Å². The first-order chi connectivity index (χ1) is 9.08. The molecule has 104 valence electrons. The van der Waals surface area contributed by atoms with E-state index >= 15 is 0 Å². The van der Waals surface area contributed by atoms with Crippen molar-refractivity contribution in [2.24, 2.45) is 0 Å². The van der Waals surface area contributed by atoms with Crippen molar-refractivity contribution in [3.05, 3.63) is 23.8 Å². The Kier molecular flexibility index (Phi) is 4.27. The second-order valence-corrected chi connectivity index (χ2v) is 4.88. The zero-order chi connectivity index (χ0) is 13.8.